The zero-order valence-electron chi connectivity index (χ0n) is 12.1. The van der Waals surface area contributed by atoms with Gasteiger partial charge in [-0.15, -0.1) is 12.4 Å². The zero-order valence-corrected chi connectivity index (χ0v) is 12.9. The predicted molar refractivity (Wildman–Crippen MR) is 83.3 cm³/mol. The number of nitrogens with one attached hydrogen (secondary N) is 1. The van der Waals surface area contributed by atoms with Crippen molar-refractivity contribution >= 4 is 29.9 Å². The molecule has 1 aromatic carbocycles. The first kappa shape index (κ1) is 18.4. The molecule has 0 aliphatic heterocycles. The fourth-order valence-electron chi connectivity index (χ4n) is 1.95. The summed E-state index contributed by atoms with van der Waals surface area (Å²) >= 11 is 0. The summed E-state index contributed by atoms with van der Waals surface area (Å²) in [5, 5.41) is 2.49. The molecule has 0 spiro atoms. The van der Waals surface area contributed by atoms with Crippen molar-refractivity contribution in [2.45, 2.75) is 20.8 Å². The maximum Gasteiger partial charge on any atom is 0.246 e. The van der Waals surface area contributed by atoms with Gasteiger partial charge in [0.25, 0.3) is 0 Å². The van der Waals surface area contributed by atoms with E-state index in [1.54, 1.807) is 4.90 Å². The quantitative estimate of drug-likeness (QED) is 0.856. The van der Waals surface area contributed by atoms with Gasteiger partial charge in [0.15, 0.2) is 0 Å². The minimum Gasteiger partial charge on any atom is -0.346 e. The molecule has 1 rings (SSSR count). The number of likely N-dealkylation sites (N-methyl/N-ethyl adjacent to an activating group) is 1. The first-order valence-corrected chi connectivity index (χ1v) is 6.33. The Kier molecular flexibility index (Phi) is 7.87. The van der Waals surface area contributed by atoms with E-state index in [0.717, 1.165) is 16.8 Å². The first-order valence-electron chi connectivity index (χ1n) is 6.33. The Morgan fingerprint density at radius 3 is 2.20 bits per heavy atom. The number of carbonyl (C=O) groups excluding carboxylic acids is 2. The van der Waals surface area contributed by atoms with Gasteiger partial charge in [-0.05, 0) is 44.0 Å². The lowest BCUT2D eigenvalue weighted by Gasteiger charge is -2.22. The Bertz CT molecular complexity index is 457. The number of hydrogen-bond acceptors (Lipinski definition) is 3. The third-order valence-electron chi connectivity index (χ3n) is 2.76. The second-order valence-corrected chi connectivity index (χ2v) is 4.46. The van der Waals surface area contributed by atoms with Crippen molar-refractivity contribution in [1.29, 1.82) is 0 Å². The third-order valence-corrected chi connectivity index (χ3v) is 2.76. The topological polar surface area (TPSA) is 75.4 Å². The molecule has 0 saturated carbocycles. The molecule has 0 aliphatic rings. The molecule has 0 fully saturated rings. The number of anilines is 1. The molecule has 0 heterocycles. The van der Waals surface area contributed by atoms with Crippen molar-refractivity contribution in [2.75, 3.05) is 24.5 Å². The van der Waals surface area contributed by atoms with Gasteiger partial charge < -0.3 is 16.0 Å². The average molecular weight is 300 g/mol. The average Bonchev–Trinajstić information content (AvgIpc) is 2.35. The molecule has 0 aromatic heterocycles. The van der Waals surface area contributed by atoms with E-state index in [9.17, 15) is 9.59 Å². The Labute approximate surface area is 125 Å². The Hall–Kier alpha value is -1.59. The maximum absolute atomic E-state index is 12.1. The highest BCUT2D eigenvalue weighted by Crippen LogP contribution is 2.18. The summed E-state index contributed by atoms with van der Waals surface area (Å²) in [7, 11) is 0. The standard InChI is InChI=1S/C14H21N3O2.ClH/c1-4-17(14(19)9-16-13(18)8-15)12-6-10(2)5-11(3)7-12;/h5-7H,4,8-9,15H2,1-3H3,(H,16,18);1H. The summed E-state index contributed by atoms with van der Waals surface area (Å²) in [6.45, 7) is 6.30. The Balaban J connectivity index is 0.00000361. The smallest absolute Gasteiger partial charge is 0.246 e. The van der Waals surface area contributed by atoms with Crippen LogP contribution in [0.5, 0.6) is 0 Å². The number of halogens is 1. The molecule has 5 nitrogen and oxygen atoms in total. The van der Waals surface area contributed by atoms with Gasteiger partial charge in [-0.1, -0.05) is 6.07 Å². The molecule has 0 atom stereocenters. The van der Waals surface area contributed by atoms with E-state index in [0.29, 0.717) is 6.54 Å². The highest BCUT2D eigenvalue weighted by atomic mass is 35.5. The lowest BCUT2D eigenvalue weighted by molar-refractivity contribution is -0.124. The number of nitrogens with zero attached hydrogens (tertiary/aromatic N) is 1. The second kappa shape index (κ2) is 8.55. The number of nitrogens with two attached hydrogens (primary N) is 1. The van der Waals surface area contributed by atoms with E-state index in [1.807, 2.05) is 32.9 Å². The Morgan fingerprint density at radius 1 is 1.20 bits per heavy atom. The predicted octanol–water partition coefficient (Wildman–Crippen LogP) is 1.15. The van der Waals surface area contributed by atoms with Gasteiger partial charge in [0, 0.05) is 12.2 Å². The van der Waals surface area contributed by atoms with Crippen LogP contribution in [0.15, 0.2) is 18.2 Å². The van der Waals surface area contributed by atoms with E-state index >= 15 is 0 Å². The van der Waals surface area contributed by atoms with Crippen LogP contribution in [0.25, 0.3) is 0 Å². The third kappa shape index (κ3) is 5.19. The van der Waals surface area contributed by atoms with Crippen molar-refractivity contribution in [1.82, 2.24) is 5.32 Å². The highest BCUT2D eigenvalue weighted by molar-refractivity contribution is 5.96. The monoisotopic (exact) mass is 299 g/mol. The number of amides is 2. The number of aryl methyl sites for hydroxylation is 2. The van der Waals surface area contributed by atoms with Crippen molar-refractivity contribution in [3.05, 3.63) is 29.3 Å². The molecular formula is C14H22ClN3O2. The van der Waals surface area contributed by atoms with Crippen molar-refractivity contribution in [2.24, 2.45) is 5.73 Å². The summed E-state index contributed by atoms with van der Waals surface area (Å²) in [6.07, 6.45) is 0. The lowest BCUT2D eigenvalue weighted by atomic mass is 10.1. The maximum atomic E-state index is 12.1. The summed E-state index contributed by atoms with van der Waals surface area (Å²) in [4.78, 5) is 24.8. The van der Waals surface area contributed by atoms with Gasteiger partial charge in [0.05, 0.1) is 13.1 Å². The second-order valence-electron chi connectivity index (χ2n) is 4.46. The van der Waals surface area contributed by atoms with Gasteiger partial charge in [0.1, 0.15) is 0 Å². The van der Waals surface area contributed by atoms with E-state index < -0.39 is 0 Å². The molecule has 6 heteroatoms. The van der Waals surface area contributed by atoms with Crippen LogP contribution >= 0.6 is 12.4 Å². The fraction of sp³-hybridized carbons (Fsp3) is 0.429. The molecule has 0 radical (unpaired) electrons. The fourth-order valence-corrected chi connectivity index (χ4v) is 1.95. The van der Waals surface area contributed by atoms with Crippen molar-refractivity contribution in [3.63, 3.8) is 0 Å². The largest absolute Gasteiger partial charge is 0.346 e. The zero-order chi connectivity index (χ0) is 14.4. The molecule has 0 saturated heterocycles. The van der Waals surface area contributed by atoms with Crippen molar-refractivity contribution in [3.8, 4) is 0 Å². The molecule has 0 unspecified atom stereocenters. The molecule has 1 aromatic rings. The van der Waals surface area contributed by atoms with Crippen LogP contribution in [-0.2, 0) is 9.59 Å². The Morgan fingerprint density at radius 2 is 1.75 bits per heavy atom. The van der Waals surface area contributed by atoms with E-state index in [1.165, 1.54) is 0 Å². The van der Waals surface area contributed by atoms with E-state index in [-0.39, 0.29) is 37.3 Å². The minimum absolute atomic E-state index is 0. The molecule has 0 aliphatic carbocycles. The van der Waals surface area contributed by atoms with Crippen LogP contribution in [0, 0.1) is 13.8 Å². The van der Waals surface area contributed by atoms with Crippen molar-refractivity contribution < 1.29 is 9.59 Å². The first-order chi connectivity index (χ1) is 8.97. The number of rotatable bonds is 5. The molecule has 3 N–H and O–H groups in total. The van der Waals surface area contributed by atoms with Gasteiger partial charge in [0.2, 0.25) is 11.8 Å². The van der Waals surface area contributed by atoms with Crippen LogP contribution in [-0.4, -0.2) is 31.4 Å². The molecule has 2 amide bonds. The summed E-state index contributed by atoms with van der Waals surface area (Å²) in [6, 6.07) is 5.97. The van der Waals surface area contributed by atoms with Gasteiger partial charge in [-0.2, -0.15) is 0 Å². The SMILES string of the molecule is CCN(C(=O)CNC(=O)CN)c1cc(C)cc(C)c1.Cl. The van der Waals surface area contributed by atoms with Crippen LogP contribution in [0.1, 0.15) is 18.1 Å². The summed E-state index contributed by atoms with van der Waals surface area (Å²) in [5.41, 5.74) is 8.24. The van der Waals surface area contributed by atoms with Gasteiger partial charge >= 0.3 is 0 Å². The normalized spacial score (nSPS) is 9.60. The number of hydrogen-bond donors (Lipinski definition) is 2. The van der Waals surface area contributed by atoms with E-state index in [4.69, 9.17) is 5.73 Å². The van der Waals surface area contributed by atoms with Crippen LogP contribution in [0.2, 0.25) is 0 Å². The minimum atomic E-state index is -0.329. The van der Waals surface area contributed by atoms with Crippen LogP contribution < -0.4 is 16.0 Å². The van der Waals surface area contributed by atoms with E-state index in [2.05, 4.69) is 11.4 Å². The molecule has 0 bridgehead atoms. The molecule has 20 heavy (non-hydrogen) atoms. The summed E-state index contributed by atoms with van der Waals surface area (Å²) in [5.74, 6) is -0.473. The van der Waals surface area contributed by atoms with Crippen LogP contribution in [0.3, 0.4) is 0 Å². The van der Waals surface area contributed by atoms with Gasteiger partial charge in [-0.3, -0.25) is 9.59 Å². The van der Waals surface area contributed by atoms with Crippen LogP contribution in [0.4, 0.5) is 5.69 Å². The van der Waals surface area contributed by atoms with Gasteiger partial charge in [-0.25, -0.2) is 0 Å². The lowest BCUT2D eigenvalue weighted by Crippen LogP contribution is -2.42. The number of carbonyl (C=O) groups is 2. The number of benzene rings is 1. The molecular weight excluding hydrogens is 278 g/mol. The molecule has 112 valence electrons. The summed E-state index contributed by atoms with van der Waals surface area (Å²) < 4.78 is 0. The highest BCUT2D eigenvalue weighted by Gasteiger charge is 2.14.